The van der Waals surface area contributed by atoms with Crippen molar-refractivity contribution in [2.75, 3.05) is 13.7 Å². The van der Waals surface area contributed by atoms with Crippen molar-refractivity contribution in [2.24, 2.45) is 5.73 Å². The predicted molar refractivity (Wildman–Crippen MR) is 92.4 cm³/mol. The summed E-state index contributed by atoms with van der Waals surface area (Å²) in [7, 11) is 1.68. The molecular weight excluding hydrogens is 288 g/mol. The van der Waals surface area contributed by atoms with Crippen LogP contribution in [-0.2, 0) is 11.3 Å². The molecule has 4 heteroatoms. The SMILES string of the molecule is COc1ccc2ccccc2c1CN(C(=O)CN)C1CCCC1. The molecule has 1 fully saturated rings. The molecule has 0 aliphatic heterocycles. The van der Waals surface area contributed by atoms with Crippen molar-refractivity contribution in [2.45, 2.75) is 38.3 Å². The number of methoxy groups -OCH3 is 1. The maximum Gasteiger partial charge on any atom is 0.236 e. The number of amides is 1. The van der Waals surface area contributed by atoms with E-state index in [9.17, 15) is 4.79 Å². The van der Waals surface area contributed by atoms with Gasteiger partial charge in [0, 0.05) is 11.6 Å². The van der Waals surface area contributed by atoms with Crippen molar-refractivity contribution in [3.8, 4) is 5.75 Å². The van der Waals surface area contributed by atoms with E-state index in [1.54, 1.807) is 7.11 Å². The van der Waals surface area contributed by atoms with Gasteiger partial charge in [-0.2, -0.15) is 0 Å². The molecule has 0 spiro atoms. The number of hydrogen-bond donors (Lipinski definition) is 1. The topological polar surface area (TPSA) is 55.6 Å². The lowest BCUT2D eigenvalue weighted by Gasteiger charge is -2.30. The van der Waals surface area contributed by atoms with Gasteiger partial charge in [0.1, 0.15) is 5.75 Å². The fraction of sp³-hybridized carbons (Fsp3) is 0.421. The highest BCUT2D eigenvalue weighted by Gasteiger charge is 2.27. The van der Waals surface area contributed by atoms with Gasteiger partial charge in [-0.15, -0.1) is 0 Å². The molecule has 0 unspecified atom stereocenters. The highest BCUT2D eigenvalue weighted by molar-refractivity contribution is 5.88. The lowest BCUT2D eigenvalue weighted by atomic mass is 10.0. The van der Waals surface area contributed by atoms with Crippen molar-refractivity contribution in [1.82, 2.24) is 4.90 Å². The normalized spacial score (nSPS) is 15.0. The molecule has 2 aromatic rings. The van der Waals surface area contributed by atoms with Crippen molar-refractivity contribution in [3.63, 3.8) is 0 Å². The van der Waals surface area contributed by atoms with Gasteiger partial charge in [-0.25, -0.2) is 0 Å². The number of carbonyl (C=O) groups excluding carboxylic acids is 1. The number of nitrogens with zero attached hydrogens (tertiary/aromatic N) is 1. The minimum Gasteiger partial charge on any atom is -0.496 e. The molecule has 1 amide bonds. The van der Waals surface area contributed by atoms with Gasteiger partial charge in [-0.05, 0) is 29.7 Å². The van der Waals surface area contributed by atoms with E-state index in [-0.39, 0.29) is 12.5 Å². The summed E-state index contributed by atoms with van der Waals surface area (Å²) in [6, 6.07) is 12.6. The average molecular weight is 312 g/mol. The third kappa shape index (κ3) is 3.17. The van der Waals surface area contributed by atoms with Gasteiger partial charge in [-0.1, -0.05) is 43.2 Å². The Bertz CT molecular complexity index is 693. The van der Waals surface area contributed by atoms with Gasteiger partial charge in [0.2, 0.25) is 5.91 Å². The van der Waals surface area contributed by atoms with Crippen LogP contribution in [0.5, 0.6) is 5.75 Å². The van der Waals surface area contributed by atoms with Crippen LogP contribution in [-0.4, -0.2) is 30.5 Å². The molecule has 23 heavy (non-hydrogen) atoms. The van der Waals surface area contributed by atoms with Gasteiger partial charge >= 0.3 is 0 Å². The molecule has 3 rings (SSSR count). The van der Waals surface area contributed by atoms with Crippen molar-refractivity contribution < 1.29 is 9.53 Å². The summed E-state index contributed by atoms with van der Waals surface area (Å²) in [5, 5.41) is 2.30. The van der Waals surface area contributed by atoms with E-state index in [2.05, 4.69) is 18.2 Å². The molecule has 1 aliphatic carbocycles. The van der Waals surface area contributed by atoms with E-state index in [1.807, 2.05) is 23.1 Å². The van der Waals surface area contributed by atoms with Crippen molar-refractivity contribution in [1.29, 1.82) is 0 Å². The number of nitrogens with two attached hydrogens (primary N) is 1. The third-order valence-corrected chi connectivity index (χ3v) is 4.81. The lowest BCUT2D eigenvalue weighted by Crippen LogP contribution is -2.41. The molecule has 1 aliphatic rings. The van der Waals surface area contributed by atoms with Crippen LogP contribution in [0.15, 0.2) is 36.4 Å². The summed E-state index contributed by atoms with van der Waals surface area (Å²) in [6.07, 6.45) is 4.51. The van der Waals surface area contributed by atoms with Crippen LogP contribution < -0.4 is 10.5 Å². The zero-order valence-electron chi connectivity index (χ0n) is 13.6. The molecule has 2 aromatic carbocycles. The van der Waals surface area contributed by atoms with Gasteiger partial charge < -0.3 is 15.4 Å². The minimum absolute atomic E-state index is 0.0203. The highest BCUT2D eigenvalue weighted by atomic mass is 16.5. The van der Waals surface area contributed by atoms with Crippen LogP contribution in [0.4, 0.5) is 0 Å². The van der Waals surface area contributed by atoms with Gasteiger partial charge in [-0.3, -0.25) is 4.79 Å². The lowest BCUT2D eigenvalue weighted by molar-refractivity contribution is -0.132. The first-order valence-electron chi connectivity index (χ1n) is 8.28. The average Bonchev–Trinajstić information content (AvgIpc) is 3.13. The summed E-state index contributed by atoms with van der Waals surface area (Å²) >= 11 is 0. The minimum atomic E-state index is 0.0203. The Kier molecular flexibility index (Phi) is 4.82. The molecule has 2 N–H and O–H groups in total. The standard InChI is InChI=1S/C19H24N2O2/c1-23-18-11-10-14-6-2-5-9-16(14)17(18)13-21(19(22)12-20)15-7-3-4-8-15/h2,5-6,9-11,15H,3-4,7-8,12-13,20H2,1H3. The Balaban J connectivity index is 2.01. The Morgan fingerprint density at radius 2 is 1.96 bits per heavy atom. The fourth-order valence-electron chi connectivity index (χ4n) is 3.59. The summed E-state index contributed by atoms with van der Waals surface area (Å²) in [6.45, 7) is 0.620. The third-order valence-electron chi connectivity index (χ3n) is 4.81. The first-order valence-corrected chi connectivity index (χ1v) is 8.28. The number of ether oxygens (including phenoxy) is 1. The molecule has 4 nitrogen and oxygen atoms in total. The Hall–Kier alpha value is -2.07. The molecule has 0 saturated heterocycles. The Labute approximate surface area is 137 Å². The van der Waals surface area contributed by atoms with Crippen LogP contribution in [0.3, 0.4) is 0 Å². The second kappa shape index (κ2) is 7.01. The maximum absolute atomic E-state index is 12.4. The molecule has 0 radical (unpaired) electrons. The number of fused-ring (bicyclic) bond motifs is 1. The molecule has 1 saturated carbocycles. The van der Waals surface area contributed by atoms with E-state index in [0.717, 1.165) is 34.9 Å². The van der Waals surface area contributed by atoms with E-state index < -0.39 is 0 Å². The quantitative estimate of drug-likeness (QED) is 0.923. The molecule has 0 bridgehead atoms. The second-order valence-electron chi connectivity index (χ2n) is 6.13. The van der Waals surface area contributed by atoms with Crippen molar-refractivity contribution >= 4 is 16.7 Å². The van der Waals surface area contributed by atoms with Gasteiger partial charge in [0.25, 0.3) is 0 Å². The molecule has 122 valence electrons. The number of carbonyl (C=O) groups is 1. The summed E-state index contributed by atoms with van der Waals surface area (Å²) < 4.78 is 5.56. The van der Waals surface area contributed by atoms with E-state index in [0.29, 0.717) is 12.6 Å². The Morgan fingerprint density at radius 1 is 1.22 bits per heavy atom. The number of benzene rings is 2. The van der Waals surface area contributed by atoms with Crippen LogP contribution in [0.25, 0.3) is 10.8 Å². The highest BCUT2D eigenvalue weighted by Crippen LogP contribution is 2.32. The van der Waals surface area contributed by atoms with Crippen LogP contribution in [0.2, 0.25) is 0 Å². The van der Waals surface area contributed by atoms with Crippen LogP contribution >= 0.6 is 0 Å². The van der Waals surface area contributed by atoms with Gasteiger partial charge in [0.15, 0.2) is 0 Å². The van der Waals surface area contributed by atoms with Crippen LogP contribution in [0, 0.1) is 0 Å². The summed E-state index contributed by atoms with van der Waals surface area (Å²) in [5.41, 5.74) is 6.72. The second-order valence-corrected chi connectivity index (χ2v) is 6.13. The maximum atomic E-state index is 12.4. The zero-order valence-corrected chi connectivity index (χ0v) is 13.6. The van der Waals surface area contributed by atoms with Crippen LogP contribution in [0.1, 0.15) is 31.2 Å². The predicted octanol–water partition coefficient (Wildman–Crippen LogP) is 3.08. The fourth-order valence-corrected chi connectivity index (χ4v) is 3.59. The van der Waals surface area contributed by atoms with E-state index in [1.165, 1.54) is 12.8 Å². The molecule has 0 aromatic heterocycles. The first kappa shape index (κ1) is 15.8. The first-order chi connectivity index (χ1) is 11.2. The van der Waals surface area contributed by atoms with E-state index in [4.69, 9.17) is 10.5 Å². The zero-order chi connectivity index (χ0) is 16.2. The van der Waals surface area contributed by atoms with E-state index >= 15 is 0 Å². The van der Waals surface area contributed by atoms with Crippen molar-refractivity contribution in [3.05, 3.63) is 42.0 Å². The largest absolute Gasteiger partial charge is 0.496 e. The smallest absolute Gasteiger partial charge is 0.236 e. The monoisotopic (exact) mass is 312 g/mol. The molecular formula is C19H24N2O2. The number of rotatable bonds is 5. The Morgan fingerprint density at radius 3 is 2.65 bits per heavy atom. The molecule has 0 heterocycles. The van der Waals surface area contributed by atoms with Gasteiger partial charge in [0.05, 0.1) is 20.2 Å². The summed E-state index contributed by atoms with van der Waals surface area (Å²) in [5.74, 6) is 0.850. The number of hydrogen-bond acceptors (Lipinski definition) is 3. The summed E-state index contributed by atoms with van der Waals surface area (Å²) in [4.78, 5) is 14.4. The molecule has 0 atom stereocenters.